The van der Waals surface area contributed by atoms with Crippen molar-refractivity contribution in [2.45, 2.75) is 39.0 Å². The van der Waals surface area contributed by atoms with Crippen molar-refractivity contribution < 1.29 is 4.79 Å². The Labute approximate surface area is 109 Å². The van der Waals surface area contributed by atoms with E-state index in [1.54, 1.807) is 6.20 Å². The molecule has 1 atom stereocenters. The zero-order valence-electron chi connectivity index (χ0n) is 11.1. The molecule has 1 unspecified atom stereocenters. The smallest absolute Gasteiger partial charge is 0.220 e. The molecule has 0 aliphatic heterocycles. The number of nitrogens with two attached hydrogens (primary N) is 1. The number of nitrogens with zero attached hydrogens (tertiary/aromatic N) is 1. The number of carbonyl (C=O) groups excluding carboxylic acids is 1. The van der Waals surface area contributed by atoms with Crippen LogP contribution >= 0.6 is 0 Å². The Hall–Kier alpha value is -1.36. The zero-order chi connectivity index (χ0) is 13.2. The van der Waals surface area contributed by atoms with E-state index in [9.17, 15) is 4.79 Å². The Morgan fingerprint density at radius 1 is 1.56 bits per heavy atom. The minimum atomic E-state index is 0.137. The number of imidazole rings is 1. The molecule has 4 N–H and O–H groups in total. The van der Waals surface area contributed by atoms with E-state index in [1.165, 1.54) is 0 Å². The fourth-order valence-corrected chi connectivity index (χ4v) is 1.81. The van der Waals surface area contributed by atoms with Gasteiger partial charge >= 0.3 is 0 Å². The number of aromatic amines is 1. The van der Waals surface area contributed by atoms with E-state index in [0.717, 1.165) is 31.5 Å². The second-order valence-corrected chi connectivity index (χ2v) is 4.71. The molecule has 1 amide bonds. The molecule has 0 aliphatic rings. The molecule has 18 heavy (non-hydrogen) atoms. The molecule has 1 aromatic rings. The van der Waals surface area contributed by atoms with Gasteiger partial charge in [0.15, 0.2) is 0 Å². The summed E-state index contributed by atoms with van der Waals surface area (Å²) in [5.74, 6) is 1.64. The van der Waals surface area contributed by atoms with Gasteiger partial charge in [0, 0.05) is 31.8 Å². The molecule has 0 fully saturated rings. The lowest BCUT2D eigenvalue weighted by atomic mass is 10.0. The van der Waals surface area contributed by atoms with Crippen LogP contribution in [0.4, 0.5) is 0 Å². The van der Waals surface area contributed by atoms with Crippen molar-refractivity contribution in [3.8, 4) is 0 Å². The van der Waals surface area contributed by atoms with Crippen LogP contribution in [-0.2, 0) is 11.2 Å². The quantitative estimate of drug-likeness (QED) is 0.578. The maximum atomic E-state index is 11.5. The van der Waals surface area contributed by atoms with Crippen molar-refractivity contribution in [3.05, 3.63) is 18.2 Å². The third-order valence-corrected chi connectivity index (χ3v) is 2.99. The summed E-state index contributed by atoms with van der Waals surface area (Å²) in [7, 11) is 0. The number of aryl methyl sites for hydroxylation is 1. The van der Waals surface area contributed by atoms with E-state index < -0.39 is 0 Å². The van der Waals surface area contributed by atoms with Crippen LogP contribution in [0, 0.1) is 5.92 Å². The third kappa shape index (κ3) is 6.39. The Bertz CT molecular complexity index is 324. The first-order valence-corrected chi connectivity index (χ1v) is 6.67. The van der Waals surface area contributed by atoms with Gasteiger partial charge in [-0.2, -0.15) is 0 Å². The van der Waals surface area contributed by atoms with Crippen molar-refractivity contribution >= 4 is 5.91 Å². The van der Waals surface area contributed by atoms with Crippen LogP contribution in [0.25, 0.3) is 0 Å². The maximum Gasteiger partial charge on any atom is 0.220 e. The lowest BCUT2D eigenvalue weighted by molar-refractivity contribution is -0.121. The molecule has 0 radical (unpaired) electrons. The highest BCUT2D eigenvalue weighted by atomic mass is 16.1. The van der Waals surface area contributed by atoms with E-state index in [4.69, 9.17) is 5.73 Å². The molecular weight excluding hydrogens is 228 g/mol. The number of H-pyrrole nitrogens is 1. The van der Waals surface area contributed by atoms with E-state index >= 15 is 0 Å². The summed E-state index contributed by atoms with van der Waals surface area (Å²) >= 11 is 0. The van der Waals surface area contributed by atoms with Gasteiger partial charge < -0.3 is 16.0 Å². The maximum absolute atomic E-state index is 11.5. The highest BCUT2D eigenvalue weighted by Crippen LogP contribution is 2.08. The average molecular weight is 252 g/mol. The van der Waals surface area contributed by atoms with E-state index in [1.807, 2.05) is 6.20 Å². The fourth-order valence-electron chi connectivity index (χ4n) is 1.81. The fraction of sp³-hybridized carbons (Fsp3) is 0.692. The third-order valence-electron chi connectivity index (χ3n) is 2.99. The molecule has 1 aromatic heterocycles. The van der Waals surface area contributed by atoms with Crippen LogP contribution in [0.5, 0.6) is 0 Å². The molecule has 0 aromatic carbocycles. The Kier molecular flexibility index (Phi) is 7.10. The lowest BCUT2D eigenvalue weighted by Gasteiger charge is -2.09. The summed E-state index contributed by atoms with van der Waals surface area (Å²) in [4.78, 5) is 18.7. The molecule has 1 rings (SSSR count). The number of hydrogen-bond acceptors (Lipinski definition) is 3. The second kappa shape index (κ2) is 8.69. The summed E-state index contributed by atoms with van der Waals surface area (Å²) in [6.45, 7) is 3.55. The highest BCUT2D eigenvalue weighted by Gasteiger charge is 2.05. The minimum absolute atomic E-state index is 0.137. The van der Waals surface area contributed by atoms with Crippen molar-refractivity contribution in [3.63, 3.8) is 0 Å². The van der Waals surface area contributed by atoms with Gasteiger partial charge in [0.05, 0.1) is 0 Å². The van der Waals surface area contributed by atoms with Gasteiger partial charge in [-0.1, -0.05) is 6.92 Å². The molecule has 0 saturated heterocycles. The van der Waals surface area contributed by atoms with E-state index in [0.29, 0.717) is 25.4 Å². The van der Waals surface area contributed by atoms with Gasteiger partial charge in [-0.25, -0.2) is 4.98 Å². The van der Waals surface area contributed by atoms with Gasteiger partial charge in [0.2, 0.25) is 5.91 Å². The highest BCUT2D eigenvalue weighted by molar-refractivity contribution is 5.75. The SMILES string of the molecule is CC(CCN)CCC(=O)NCCCc1ncc[nH]1. The summed E-state index contributed by atoms with van der Waals surface area (Å²) < 4.78 is 0. The van der Waals surface area contributed by atoms with Crippen LogP contribution in [0.1, 0.15) is 38.4 Å². The average Bonchev–Trinajstić information content (AvgIpc) is 2.85. The first kappa shape index (κ1) is 14.7. The predicted molar refractivity (Wildman–Crippen MR) is 72.0 cm³/mol. The summed E-state index contributed by atoms with van der Waals surface area (Å²) in [5, 5.41) is 2.93. The predicted octanol–water partition coefficient (Wildman–Crippen LogP) is 1.22. The van der Waals surface area contributed by atoms with Gasteiger partial charge in [-0.05, 0) is 31.7 Å². The van der Waals surface area contributed by atoms with E-state index in [2.05, 4.69) is 22.2 Å². The number of aromatic nitrogens is 2. The molecule has 0 spiro atoms. The van der Waals surface area contributed by atoms with Gasteiger partial charge in [0.1, 0.15) is 5.82 Å². The number of rotatable bonds is 9. The van der Waals surface area contributed by atoms with Crippen molar-refractivity contribution in [2.75, 3.05) is 13.1 Å². The minimum Gasteiger partial charge on any atom is -0.356 e. The lowest BCUT2D eigenvalue weighted by Crippen LogP contribution is -2.25. The van der Waals surface area contributed by atoms with Crippen LogP contribution in [0.3, 0.4) is 0 Å². The molecule has 0 saturated carbocycles. The van der Waals surface area contributed by atoms with Crippen LogP contribution in [0.15, 0.2) is 12.4 Å². The summed E-state index contributed by atoms with van der Waals surface area (Å²) in [5.41, 5.74) is 5.47. The number of carbonyl (C=O) groups is 1. The van der Waals surface area contributed by atoms with Crippen molar-refractivity contribution in [2.24, 2.45) is 11.7 Å². The van der Waals surface area contributed by atoms with E-state index in [-0.39, 0.29) is 5.91 Å². The second-order valence-electron chi connectivity index (χ2n) is 4.71. The Morgan fingerprint density at radius 2 is 2.39 bits per heavy atom. The number of hydrogen-bond donors (Lipinski definition) is 3. The summed E-state index contributed by atoms with van der Waals surface area (Å²) in [6.07, 6.45) is 7.85. The van der Waals surface area contributed by atoms with Crippen molar-refractivity contribution in [1.82, 2.24) is 15.3 Å². The van der Waals surface area contributed by atoms with Crippen LogP contribution in [0.2, 0.25) is 0 Å². The largest absolute Gasteiger partial charge is 0.356 e. The molecule has 0 bridgehead atoms. The van der Waals surface area contributed by atoms with Gasteiger partial charge in [0.25, 0.3) is 0 Å². The monoisotopic (exact) mass is 252 g/mol. The van der Waals surface area contributed by atoms with Crippen LogP contribution in [-0.4, -0.2) is 29.0 Å². The first-order chi connectivity index (χ1) is 8.72. The molecule has 5 heteroatoms. The normalized spacial score (nSPS) is 12.3. The first-order valence-electron chi connectivity index (χ1n) is 6.67. The van der Waals surface area contributed by atoms with Gasteiger partial charge in [-0.3, -0.25) is 4.79 Å². The van der Waals surface area contributed by atoms with Gasteiger partial charge in [-0.15, -0.1) is 0 Å². The molecular formula is C13H24N4O. The molecule has 0 aliphatic carbocycles. The zero-order valence-corrected chi connectivity index (χ0v) is 11.1. The molecule has 102 valence electrons. The topological polar surface area (TPSA) is 83.8 Å². The number of nitrogens with one attached hydrogen (secondary N) is 2. The van der Waals surface area contributed by atoms with Crippen LogP contribution < -0.4 is 11.1 Å². The standard InChI is InChI=1S/C13H24N4O/c1-11(6-7-14)4-5-13(18)17-8-2-3-12-15-9-10-16-12/h9-11H,2-8,14H2,1H3,(H,15,16)(H,17,18). The van der Waals surface area contributed by atoms with Crippen molar-refractivity contribution in [1.29, 1.82) is 0 Å². The molecule has 5 nitrogen and oxygen atoms in total. The summed E-state index contributed by atoms with van der Waals surface area (Å²) in [6, 6.07) is 0. The Balaban J connectivity index is 1.99. The number of amides is 1. The molecule has 1 heterocycles. The Morgan fingerprint density at radius 3 is 3.06 bits per heavy atom.